The molecule has 0 bridgehead atoms. The van der Waals surface area contributed by atoms with Crippen LogP contribution < -0.4 is 9.64 Å². The van der Waals surface area contributed by atoms with Gasteiger partial charge >= 0.3 is 0 Å². The largest absolute Gasteiger partial charge is 0.497 e. The van der Waals surface area contributed by atoms with Gasteiger partial charge in [0.25, 0.3) is 0 Å². The van der Waals surface area contributed by atoms with Gasteiger partial charge in [0.1, 0.15) is 5.75 Å². The van der Waals surface area contributed by atoms with E-state index in [1.807, 2.05) is 29.2 Å². The Balaban J connectivity index is 1.92. The van der Waals surface area contributed by atoms with Crippen molar-refractivity contribution in [1.82, 2.24) is 0 Å². The van der Waals surface area contributed by atoms with Crippen LogP contribution in [-0.2, 0) is 9.84 Å². The number of sulfone groups is 1. The molecule has 0 amide bonds. The minimum absolute atomic E-state index is 0.0143. The summed E-state index contributed by atoms with van der Waals surface area (Å²) in [5.41, 5.74) is 0.850. The molecule has 0 aromatic heterocycles. The molecule has 2 fully saturated rings. The molecule has 1 N–H and O–H groups in total. The second kappa shape index (κ2) is 4.42. The van der Waals surface area contributed by atoms with Crippen molar-refractivity contribution in [2.24, 2.45) is 0 Å². The minimum atomic E-state index is -2.97. The van der Waals surface area contributed by atoms with Crippen LogP contribution in [0.4, 0.5) is 5.69 Å². The molecule has 2 aliphatic heterocycles. The lowest BCUT2D eigenvalue weighted by molar-refractivity contribution is 0.415. The Morgan fingerprint density at radius 1 is 1.32 bits per heavy atom. The summed E-state index contributed by atoms with van der Waals surface area (Å²) < 4.78 is 28.5. The molecule has 19 heavy (non-hydrogen) atoms. The second-order valence-corrected chi connectivity index (χ2v) is 8.06. The standard InChI is InChI=1S/C12H14N2O3S2/c1-17-9-4-2-8(3-5-9)14-10-6-19(15,16)7-11(10)18-12(14)13/h2-5,10-11,13H,6-7H2,1H3/t10-,11+/m0/s1. The van der Waals surface area contributed by atoms with Crippen molar-refractivity contribution in [2.45, 2.75) is 11.3 Å². The van der Waals surface area contributed by atoms with Gasteiger partial charge in [-0.3, -0.25) is 5.41 Å². The Morgan fingerprint density at radius 3 is 2.63 bits per heavy atom. The van der Waals surface area contributed by atoms with Crippen LogP contribution >= 0.6 is 11.8 Å². The monoisotopic (exact) mass is 298 g/mol. The first kappa shape index (κ1) is 12.8. The number of amidine groups is 1. The third-order valence-electron chi connectivity index (χ3n) is 3.44. The molecule has 2 atom stereocenters. The fourth-order valence-corrected chi connectivity index (χ4v) is 6.35. The van der Waals surface area contributed by atoms with Gasteiger partial charge in [-0.25, -0.2) is 8.42 Å². The van der Waals surface area contributed by atoms with Crippen molar-refractivity contribution < 1.29 is 13.2 Å². The maximum Gasteiger partial charge on any atom is 0.161 e. The molecule has 5 nitrogen and oxygen atoms in total. The van der Waals surface area contributed by atoms with Crippen molar-refractivity contribution in [3.63, 3.8) is 0 Å². The number of benzene rings is 1. The molecular weight excluding hydrogens is 284 g/mol. The van der Waals surface area contributed by atoms with Gasteiger partial charge < -0.3 is 9.64 Å². The number of rotatable bonds is 2. The van der Waals surface area contributed by atoms with Gasteiger partial charge in [-0.05, 0) is 24.3 Å². The summed E-state index contributed by atoms with van der Waals surface area (Å²) in [4.78, 5) is 1.82. The SMILES string of the molecule is COc1ccc(N2C(=N)S[C@@H]3CS(=O)(=O)C[C@@H]32)cc1. The Bertz CT molecular complexity index is 612. The average Bonchev–Trinajstić information content (AvgIpc) is 2.79. The Kier molecular flexibility index (Phi) is 2.98. The first-order chi connectivity index (χ1) is 9.00. The van der Waals surface area contributed by atoms with Crippen molar-refractivity contribution in [2.75, 3.05) is 23.5 Å². The van der Waals surface area contributed by atoms with Crippen LogP contribution in [0.2, 0.25) is 0 Å². The molecule has 0 aliphatic carbocycles. The van der Waals surface area contributed by atoms with Gasteiger partial charge in [-0.15, -0.1) is 0 Å². The highest BCUT2D eigenvalue weighted by atomic mass is 32.2. The lowest BCUT2D eigenvalue weighted by Crippen LogP contribution is -2.37. The van der Waals surface area contributed by atoms with Crippen LogP contribution in [0.15, 0.2) is 24.3 Å². The smallest absolute Gasteiger partial charge is 0.161 e. The molecular formula is C12H14N2O3S2. The van der Waals surface area contributed by atoms with Gasteiger partial charge in [0, 0.05) is 10.9 Å². The highest BCUT2D eigenvalue weighted by Gasteiger charge is 2.48. The van der Waals surface area contributed by atoms with Crippen LogP contribution in [0.3, 0.4) is 0 Å². The van der Waals surface area contributed by atoms with Crippen LogP contribution in [0.25, 0.3) is 0 Å². The van der Waals surface area contributed by atoms with Crippen molar-refractivity contribution in [3.8, 4) is 5.75 Å². The molecule has 1 aromatic rings. The fraction of sp³-hybridized carbons (Fsp3) is 0.417. The Labute approximate surface area is 116 Å². The van der Waals surface area contributed by atoms with Crippen molar-refractivity contribution >= 4 is 32.5 Å². The van der Waals surface area contributed by atoms with E-state index in [1.165, 1.54) is 11.8 Å². The summed E-state index contributed by atoms with van der Waals surface area (Å²) in [6.07, 6.45) is 0. The van der Waals surface area contributed by atoms with Gasteiger partial charge in [-0.2, -0.15) is 0 Å². The van der Waals surface area contributed by atoms with E-state index in [4.69, 9.17) is 10.1 Å². The summed E-state index contributed by atoms with van der Waals surface area (Å²) in [6.45, 7) is 0. The molecule has 0 saturated carbocycles. The zero-order valence-electron chi connectivity index (χ0n) is 10.4. The summed E-state index contributed by atoms with van der Waals surface area (Å²) in [6, 6.07) is 7.26. The third kappa shape index (κ3) is 2.21. The second-order valence-electron chi connectivity index (χ2n) is 4.67. The zero-order valence-corrected chi connectivity index (χ0v) is 12.0. The van der Waals surface area contributed by atoms with Crippen LogP contribution in [0, 0.1) is 5.41 Å². The lowest BCUT2D eigenvalue weighted by atomic mass is 10.2. The van der Waals surface area contributed by atoms with Gasteiger partial charge in [0.15, 0.2) is 15.0 Å². The first-order valence-corrected chi connectivity index (χ1v) is 8.59. The predicted octanol–water partition coefficient (Wildman–Crippen LogP) is 1.35. The number of nitrogens with one attached hydrogen (secondary N) is 1. The predicted molar refractivity (Wildman–Crippen MR) is 77.0 cm³/mol. The molecule has 2 aliphatic rings. The number of nitrogens with zero attached hydrogens (tertiary/aromatic N) is 1. The maximum absolute atomic E-state index is 11.7. The van der Waals surface area contributed by atoms with E-state index >= 15 is 0 Å². The topological polar surface area (TPSA) is 70.5 Å². The molecule has 1 aromatic carbocycles. The highest BCUT2D eigenvalue weighted by Crippen LogP contribution is 2.40. The van der Waals surface area contributed by atoms with E-state index < -0.39 is 9.84 Å². The van der Waals surface area contributed by atoms with Gasteiger partial charge in [0.2, 0.25) is 0 Å². The molecule has 3 rings (SSSR count). The molecule has 2 heterocycles. The lowest BCUT2D eigenvalue weighted by Gasteiger charge is -2.23. The summed E-state index contributed by atoms with van der Waals surface area (Å²) in [5.74, 6) is 1.06. The number of hydrogen-bond acceptors (Lipinski definition) is 5. The van der Waals surface area contributed by atoms with Crippen LogP contribution in [0.1, 0.15) is 0 Å². The van der Waals surface area contributed by atoms with E-state index in [1.54, 1.807) is 7.11 Å². The zero-order chi connectivity index (χ0) is 13.6. The molecule has 0 radical (unpaired) electrons. The van der Waals surface area contributed by atoms with E-state index in [2.05, 4.69) is 0 Å². The van der Waals surface area contributed by atoms with Crippen molar-refractivity contribution in [1.29, 1.82) is 5.41 Å². The first-order valence-electron chi connectivity index (χ1n) is 5.89. The molecule has 7 heteroatoms. The summed E-state index contributed by atoms with van der Waals surface area (Å²) >= 11 is 1.35. The van der Waals surface area contributed by atoms with Crippen LogP contribution in [-0.4, -0.2) is 43.5 Å². The number of anilines is 1. The number of thioether (sulfide) groups is 1. The Hall–Kier alpha value is -1.21. The highest BCUT2D eigenvalue weighted by molar-refractivity contribution is 8.15. The van der Waals surface area contributed by atoms with E-state index in [9.17, 15) is 8.42 Å². The summed E-state index contributed by atoms with van der Waals surface area (Å²) in [5, 5.41) is 8.44. The molecule has 0 unspecified atom stereocenters. The molecule has 0 spiro atoms. The minimum Gasteiger partial charge on any atom is -0.497 e. The Morgan fingerprint density at radius 2 is 2.00 bits per heavy atom. The third-order valence-corrected chi connectivity index (χ3v) is 6.57. The fourth-order valence-electron chi connectivity index (χ4n) is 2.55. The van der Waals surface area contributed by atoms with Gasteiger partial charge in [0.05, 0.1) is 24.7 Å². The summed E-state index contributed by atoms with van der Waals surface area (Å²) in [7, 11) is -1.37. The molecule has 102 valence electrons. The van der Waals surface area contributed by atoms with E-state index in [0.29, 0.717) is 5.17 Å². The average molecular weight is 298 g/mol. The van der Waals surface area contributed by atoms with Crippen LogP contribution in [0.5, 0.6) is 5.75 Å². The molecule has 2 saturated heterocycles. The van der Waals surface area contributed by atoms with Gasteiger partial charge in [-0.1, -0.05) is 11.8 Å². The maximum atomic E-state index is 11.7. The number of fused-ring (bicyclic) bond motifs is 1. The normalized spacial score (nSPS) is 28.5. The van der Waals surface area contributed by atoms with Crippen molar-refractivity contribution in [3.05, 3.63) is 24.3 Å². The van der Waals surface area contributed by atoms with E-state index in [-0.39, 0.29) is 22.8 Å². The van der Waals surface area contributed by atoms with E-state index in [0.717, 1.165) is 11.4 Å². The number of ether oxygens (including phenoxy) is 1. The number of hydrogen-bond donors (Lipinski definition) is 1. The quantitative estimate of drug-likeness (QED) is 0.892. The number of methoxy groups -OCH3 is 1.